The molecule has 104 valence electrons. The highest BCUT2D eigenvalue weighted by Crippen LogP contribution is 2.27. The molecule has 1 N–H and O–H groups in total. The molecule has 1 aromatic rings. The molecule has 0 aliphatic carbocycles. The van der Waals surface area contributed by atoms with Crippen molar-refractivity contribution in [3.05, 3.63) is 34.3 Å². The molecule has 1 aliphatic heterocycles. The van der Waals surface area contributed by atoms with Gasteiger partial charge in [-0.25, -0.2) is 4.79 Å². The van der Waals surface area contributed by atoms with Gasteiger partial charge in [-0.15, -0.1) is 0 Å². The second-order valence-electron chi connectivity index (χ2n) is 5.36. The van der Waals surface area contributed by atoms with Crippen LogP contribution in [-0.2, 0) is 16.1 Å². The normalized spacial score (nSPS) is 18.1. The molecule has 2 rings (SSSR count). The van der Waals surface area contributed by atoms with Gasteiger partial charge in [-0.05, 0) is 31.0 Å². The van der Waals surface area contributed by atoms with Crippen molar-refractivity contribution in [2.24, 2.45) is 0 Å². The molecule has 5 heteroatoms. The molecule has 0 bridgehead atoms. The summed E-state index contributed by atoms with van der Waals surface area (Å²) in [7, 11) is 0. The zero-order valence-corrected chi connectivity index (χ0v) is 11.9. The highest BCUT2D eigenvalue weighted by Gasteiger charge is 2.39. The topological polar surface area (TPSA) is 49.8 Å². The number of carbonyl (C=O) groups is 1. The first-order chi connectivity index (χ1) is 8.88. The van der Waals surface area contributed by atoms with Crippen molar-refractivity contribution >= 4 is 17.6 Å². The van der Waals surface area contributed by atoms with Crippen LogP contribution in [0.1, 0.15) is 18.1 Å². The number of ether oxygens (including phenoxy) is 1. The minimum Gasteiger partial charge on any atom is -0.480 e. The molecule has 0 radical (unpaired) electrons. The van der Waals surface area contributed by atoms with Crippen LogP contribution in [0.15, 0.2) is 18.2 Å². The summed E-state index contributed by atoms with van der Waals surface area (Å²) in [5, 5.41) is 9.38. The summed E-state index contributed by atoms with van der Waals surface area (Å²) in [4.78, 5) is 12.7. The second kappa shape index (κ2) is 5.49. The van der Waals surface area contributed by atoms with E-state index in [9.17, 15) is 4.79 Å². The van der Waals surface area contributed by atoms with Gasteiger partial charge in [-0.3, -0.25) is 4.90 Å². The van der Waals surface area contributed by atoms with E-state index >= 15 is 0 Å². The summed E-state index contributed by atoms with van der Waals surface area (Å²) >= 11 is 6.09. The molecule has 4 nitrogen and oxygen atoms in total. The van der Waals surface area contributed by atoms with E-state index in [1.54, 1.807) is 0 Å². The minimum atomic E-state index is -0.926. The van der Waals surface area contributed by atoms with Gasteiger partial charge >= 0.3 is 5.97 Å². The Bertz CT molecular complexity index is 484. The molecule has 0 spiro atoms. The standard InChI is InChI=1S/C14H18ClNO3/c1-10-3-4-11(5-12(10)15)6-16-8-14(2,9-16)19-7-13(17)18/h3-5H,6-9H2,1-2H3,(H,17,18). The Hall–Kier alpha value is -1.10. The lowest BCUT2D eigenvalue weighted by molar-refractivity contribution is -0.165. The van der Waals surface area contributed by atoms with Crippen molar-refractivity contribution in [3.8, 4) is 0 Å². The molecule has 1 aliphatic rings. The third kappa shape index (κ3) is 3.69. The van der Waals surface area contributed by atoms with Crippen LogP contribution in [0.2, 0.25) is 5.02 Å². The van der Waals surface area contributed by atoms with Crippen molar-refractivity contribution in [2.45, 2.75) is 26.0 Å². The summed E-state index contributed by atoms with van der Waals surface area (Å²) in [5.74, 6) is -0.926. The van der Waals surface area contributed by atoms with E-state index < -0.39 is 5.97 Å². The van der Waals surface area contributed by atoms with Gasteiger partial charge in [-0.1, -0.05) is 23.7 Å². The molecule has 0 aromatic heterocycles. The fraction of sp³-hybridized carbons (Fsp3) is 0.500. The molecule has 1 fully saturated rings. The molecule has 0 atom stereocenters. The van der Waals surface area contributed by atoms with E-state index in [2.05, 4.69) is 11.0 Å². The number of hydrogen-bond donors (Lipinski definition) is 1. The Morgan fingerprint density at radius 2 is 2.21 bits per heavy atom. The zero-order valence-electron chi connectivity index (χ0n) is 11.1. The number of aliphatic carboxylic acids is 1. The Morgan fingerprint density at radius 3 is 2.79 bits per heavy atom. The molecular formula is C14H18ClNO3. The predicted octanol–water partition coefficient (Wildman–Crippen LogP) is 2.32. The molecule has 1 heterocycles. The molecule has 0 amide bonds. The third-order valence-electron chi connectivity index (χ3n) is 3.30. The van der Waals surface area contributed by atoms with E-state index in [4.69, 9.17) is 21.4 Å². The molecule has 0 saturated carbocycles. The number of carboxylic acids is 1. The first-order valence-corrected chi connectivity index (χ1v) is 6.59. The summed E-state index contributed by atoms with van der Waals surface area (Å²) in [5.41, 5.74) is 1.90. The van der Waals surface area contributed by atoms with Gasteiger partial charge in [-0.2, -0.15) is 0 Å². The number of likely N-dealkylation sites (tertiary alicyclic amines) is 1. The summed E-state index contributed by atoms with van der Waals surface area (Å²) < 4.78 is 5.37. The van der Waals surface area contributed by atoms with E-state index in [-0.39, 0.29) is 12.2 Å². The number of hydrogen-bond acceptors (Lipinski definition) is 3. The van der Waals surface area contributed by atoms with E-state index in [1.165, 1.54) is 0 Å². The maximum atomic E-state index is 10.5. The number of benzene rings is 1. The highest BCUT2D eigenvalue weighted by molar-refractivity contribution is 6.31. The van der Waals surface area contributed by atoms with Gasteiger partial charge in [0.1, 0.15) is 6.61 Å². The number of rotatable bonds is 5. The Balaban J connectivity index is 1.84. The van der Waals surface area contributed by atoms with Gasteiger partial charge in [0.25, 0.3) is 0 Å². The van der Waals surface area contributed by atoms with Crippen molar-refractivity contribution in [1.29, 1.82) is 0 Å². The molecular weight excluding hydrogens is 266 g/mol. The van der Waals surface area contributed by atoms with Gasteiger partial charge < -0.3 is 9.84 Å². The SMILES string of the molecule is Cc1ccc(CN2CC(C)(OCC(=O)O)C2)cc1Cl. The first-order valence-electron chi connectivity index (χ1n) is 6.21. The van der Waals surface area contributed by atoms with E-state index in [1.807, 2.05) is 26.0 Å². The van der Waals surface area contributed by atoms with Crippen molar-refractivity contribution < 1.29 is 14.6 Å². The number of nitrogens with zero attached hydrogens (tertiary/aromatic N) is 1. The van der Waals surface area contributed by atoms with Crippen LogP contribution in [0.5, 0.6) is 0 Å². The monoisotopic (exact) mass is 283 g/mol. The smallest absolute Gasteiger partial charge is 0.329 e. The van der Waals surface area contributed by atoms with Crippen molar-refractivity contribution in [1.82, 2.24) is 4.90 Å². The minimum absolute atomic E-state index is 0.235. The van der Waals surface area contributed by atoms with Crippen LogP contribution in [-0.4, -0.2) is 41.3 Å². The van der Waals surface area contributed by atoms with Gasteiger partial charge in [0.05, 0.1) is 5.60 Å². The van der Waals surface area contributed by atoms with Gasteiger partial charge in [0.2, 0.25) is 0 Å². The predicted molar refractivity (Wildman–Crippen MR) is 73.5 cm³/mol. The van der Waals surface area contributed by atoms with Crippen LogP contribution >= 0.6 is 11.6 Å². The third-order valence-corrected chi connectivity index (χ3v) is 3.71. The largest absolute Gasteiger partial charge is 0.480 e. The molecule has 1 aromatic carbocycles. The summed E-state index contributed by atoms with van der Waals surface area (Å²) in [6, 6.07) is 6.05. The number of carboxylic acid groups (broad SMARTS) is 1. The molecule has 19 heavy (non-hydrogen) atoms. The maximum absolute atomic E-state index is 10.5. The summed E-state index contributed by atoms with van der Waals surface area (Å²) in [6.07, 6.45) is 0. The highest BCUT2D eigenvalue weighted by atomic mass is 35.5. The average Bonchev–Trinajstić information content (AvgIpc) is 2.29. The quantitative estimate of drug-likeness (QED) is 0.901. The Labute approximate surface area is 117 Å². The van der Waals surface area contributed by atoms with Crippen LogP contribution < -0.4 is 0 Å². The van der Waals surface area contributed by atoms with Gasteiger partial charge in [0.15, 0.2) is 0 Å². The van der Waals surface area contributed by atoms with Crippen LogP contribution in [0.3, 0.4) is 0 Å². The van der Waals surface area contributed by atoms with Gasteiger partial charge in [0, 0.05) is 24.7 Å². The maximum Gasteiger partial charge on any atom is 0.329 e. The number of aryl methyl sites for hydroxylation is 1. The van der Waals surface area contributed by atoms with Crippen molar-refractivity contribution in [3.63, 3.8) is 0 Å². The Morgan fingerprint density at radius 1 is 1.53 bits per heavy atom. The van der Waals surface area contributed by atoms with Crippen LogP contribution in [0.4, 0.5) is 0 Å². The fourth-order valence-electron chi connectivity index (χ4n) is 2.33. The second-order valence-corrected chi connectivity index (χ2v) is 5.77. The van der Waals surface area contributed by atoms with E-state index in [0.717, 1.165) is 35.8 Å². The molecule has 1 saturated heterocycles. The van der Waals surface area contributed by atoms with Crippen LogP contribution in [0.25, 0.3) is 0 Å². The summed E-state index contributed by atoms with van der Waals surface area (Å²) in [6.45, 7) is 5.98. The first kappa shape index (κ1) is 14.3. The van der Waals surface area contributed by atoms with Crippen molar-refractivity contribution in [2.75, 3.05) is 19.7 Å². The average molecular weight is 284 g/mol. The molecule has 0 unspecified atom stereocenters. The van der Waals surface area contributed by atoms with Crippen LogP contribution in [0, 0.1) is 6.92 Å². The zero-order chi connectivity index (χ0) is 14.0. The van der Waals surface area contributed by atoms with E-state index in [0.29, 0.717) is 0 Å². The lowest BCUT2D eigenvalue weighted by Gasteiger charge is -2.47. The lowest BCUT2D eigenvalue weighted by Crippen LogP contribution is -2.61. The fourth-order valence-corrected chi connectivity index (χ4v) is 2.53. The lowest BCUT2D eigenvalue weighted by atomic mass is 9.95. The number of halogens is 1. The Kier molecular flexibility index (Phi) is 4.13.